The molecule has 0 amide bonds. The normalized spacial score (nSPS) is 10.6. The second-order valence-electron chi connectivity index (χ2n) is 31.1. The number of ether oxygens (including phenoxy) is 5. The van der Waals surface area contributed by atoms with Gasteiger partial charge < -0.3 is 23.7 Å². The summed E-state index contributed by atoms with van der Waals surface area (Å²) in [4.78, 5) is 80.5. The first kappa shape index (κ1) is 99.3. The van der Waals surface area contributed by atoms with Gasteiger partial charge in [0.2, 0.25) is 0 Å². The quantitative estimate of drug-likeness (QED) is 0.0219. The lowest BCUT2D eigenvalue weighted by Crippen LogP contribution is -2.08. The van der Waals surface area contributed by atoms with Crippen molar-refractivity contribution in [3.05, 3.63) is 416 Å². The predicted octanol–water partition coefficient (Wildman–Crippen LogP) is 30.6. The summed E-state index contributed by atoms with van der Waals surface area (Å²) < 4.78 is 26.5. The Morgan fingerprint density at radius 1 is 0.197 bits per heavy atom. The summed E-state index contributed by atoms with van der Waals surface area (Å²) in [6.45, 7) is 11.0. The Kier molecular flexibility index (Phi) is 40.0. The van der Waals surface area contributed by atoms with Gasteiger partial charge in [-0.25, -0.2) is 48.9 Å². The molecule has 672 valence electrons. The zero-order valence-corrected chi connectivity index (χ0v) is 78.3. The molecule has 5 aromatic heterocycles. The van der Waals surface area contributed by atoms with Crippen LogP contribution in [0.2, 0.25) is 25.8 Å². The summed E-state index contributed by atoms with van der Waals surface area (Å²) in [6.07, 6.45) is 27.8. The molecule has 20 heteroatoms. The van der Waals surface area contributed by atoms with E-state index >= 15 is 0 Å². The molecule has 0 saturated heterocycles. The Morgan fingerprint density at radius 2 is 0.379 bits per heavy atom. The van der Waals surface area contributed by atoms with Gasteiger partial charge in [-0.15, -0.1) is 0 Å². The van der Waals surface area contributed by atoms with E-state index in [1.807, 2.05) is 60.7 Å². The molecule has 15 aromatic rings. The summed E-state index contributed by atoms with van der Waals surface area (Å²) in [5.41, 5.74) is 20.2. The first-order valence-corrected chi connectivity index (χ1v) is 46.3. The van der Waals surface area contributed by atoms with Crippen molar-refractivity contribution in [1.82, 2.24) is 24.9 Å². The largest absolute Gasteiger partial charge is 0.421 e. The lowest BCUT2D eigenvalue weighted by Gasteiger charge is -2.07. The molecule has 0 aliphatic heterocycles. The van der Waals surface area contributed by atoms with Gasteiger partial charge in [0.1, 0.15) is 54.5 Å². The highest BCUT2D eigenvalue weighted by Gasteiger charge is 2.17. The fourth-order valence-corrected chi connectivity index (χ4v) is 14.2. The van der Waals surface area contributed by atoms with E-state index in [0.717, 1.165) is 94.2 Å². The Bertz CT molecular complexity index is 6070. The molecule has 0 fully saturated rings. The molecule has 0 N–H and O–H groups in total. The molecule has 0 atom stereocenters. The van der Waals surface area contributed by atoms with Crippen LogP contribution in [0, 0.1) is 0 Å². The number of hydrogen-bond donors (Lipinski definition) is 0. The highest BCUT2D eigenvalue weighted by Crippen LogP contribution is 2.30. The molecule has 15 nitrogen and oxygen atoms in total. The molecule has 0 unspecified atom stereocenters. The van der Waals surface area contributed by atoms with E-state index in [2.05, 4.69) is 181 Å². The number of halogens is 5. The van der Waals surface area contributed by atoms with Crippen molar-refractivity contribution in [1.29, 1.82) is 0 Å². The summed E-state index contributed by atoms with van der Waals surface area (Å²) >= 11 is 28.6. The van der Waals surface area contributed by atoms with Gasteiger partial charge in [0.25, 0.3) is 0 Å². The van der Waals surface area contributed by atoms with Crippen molar-refractivity contribution in [2.24, 2.45) is 0 Å². The van der Waals surface area contributed by atoms with Gasteiger partial charge in [-0.3, -0.25) is 0 Å². The number of carbonyl (C=O) groups excluding carboxylic acids is 5. The Hall–Kier alpha value is -13.3. The van der Waals surface area contributed by atoms with E-state index in [1.165, 1.54) is 129 Å². The van der Waals surface area contributed by atoms with E-state index in [1.54, 1.807) is 121 Å². The molecule has 0 aliphatic rings. The molecule has 0 aliphatic carbocycles. The average molecular weight is 1860 g/mol. The maximum atomic E-state index is 12.3. The SMILES string of the molecule is CCCCCCCCc1ccc(-c2ccc(C(=O)Oc3ccc(Cl)nc3)cc2)cc1.CCCCCc1ccc(-c2ccc(C(=O)Oc3ccc(Cl)nc3)cc2)cc1.CCCCc1ccc(-c2ccc(C(=O)Oc3ccc(Cl)nc3)cc2)cc1.CCCc1ccc(-c2ccc(C(=O)Oc3ccc(Cl)nc3)cc2)cc1.CCc1ccc(-c2ccc(C(=O)Oc3ccc(Cl)nc3)cc2)cc1. The molecular weight excluding hydrogens is 1750 g/mol. The second kappa shape index (κ2) is 53.2. The third-order valence-electron chi connectivity index (χ3n) is 21.2. The van der Waals surface area contributed by atoms with Gasteiger partial charge in [-0.05, 0) is 256 Å². The molecule has 0 spiro atoms. The van der Waals surface area contributed by atoms with E-state index in [4.69, 9.17) is 81.7 Å². The Balaban J connectivity index is 0.000000159. The molecule has 5 heterocycles. The van der Waals surface area contributed by atoms with Crippen molar-refractivity contribution >= 4 is 87.9 Å². The van der Waals surface area contributed by atoms with Crippen LogP contribution >= 0.6 is 58.0 Å². The minimum Gasteiger partial charge on any atom is -0.421 e. The minimum absolute atomic E-state index is 0.355. The molecule has 15 rings (SSSR count). The number of nitrogens with zero attached hydrogens (tertiary/aromatic N) is 5. The Labute approximate surface area is 798 Å². The second-order valence-corrected chi connectivity index (χ2v) is 33.0. The lowest BCUT2D eigenvalue weighted by molar-refractivity contribution is 0.0724. The summed E-state index contributed by atoms with van der Waals surface area (Å²) in [6, 6.07) is 95.8. The summed E-state index contributed by atoms with van der Waals surface area (Å²) in [7, 11) is 0. The zero-order chi connectivity index (χ0) is 93.2. The van der Waals surface area contributed by atoms with Crippen molar-refractivity contribution in [2.75, 3.05) is 0 Å². The van der Waals surface area contributed by atoms with Crippen LogP contribution in [0.5, 0.6) is 28.7 Å². The zero-order valence-electron chi connectivity index (χ0n) is 74.5. The van der Waals surface area contributed by atoms with Crippen LogP contribution < -0.4 is 23.7 Å². The number of pyridine rings is 5. The maximum absolute atomic E-state index is 12.3. The van der Waals surface area contributed by atoms with Gasteiger partial charge in [0, 0.05) is 0 Å². The van der Waals surface area contributed by atoms with Crippen LogP contribution in [0.15, 0.2) is 334 Å². The van der Waals surface area contributed by atoms with Crippen molar-refractivity contribution in [2.45, 2.75) is 144 Å². The third kappa shape index (κ3) is 32.7. The molecule has 0 radical (unpaired) electrons. The number of carbonyl (C=O) groups is 5. The van der Waals surface area contributed by atoms with Crippen LogP contribution in [0.4, 0.5) is 0 Å². The van der Waals surface area contributed by atoms with Crippen LogP contribution in [0.1, 0.15) is 191 Å². The van der Waals surface area contributed by atoms with Crippen LogP contribution in [-0.4, -0.2) is 54.8 Å². The van der Waals surface area contributed by atoms with Gasteiger partial charge in [-0.2, -0.15) is 0 Å². The highest BCUT2D eigenvalue weighted by molar-refractivity contribution is 6.30. The standard InChI is InChI=1S/C26H28ClNO2.C23H22ClNO2.C22H20ClNO2.C21H18ClNO2.C20H16ClNO2/c1-2-3-4-5-6-7-8-20-9-11-21(12-10-20)22-13-15-23(16-14-22)26(29)30-24-17-18-25(27)28-19-24;1-2-3-4-5-17-6-8-18(9-7-17)19-10-12-20(13-11-19)23(26)27-21-14-15-22(24)25-16-21;1-2-3-4-16-5-7-17(8-6-16)18-9-11-19(12-10-18)22(25)26-20-13-14-21(23)24-15-20;1-2-3-15-4-6-16(7-5-15)17-8-10-18(11-9-17)21(24)25-19-12-13-20(22)23-14-19;1-2-14-3-5-15(6-4-14)16-7-9-17(10-8-16)20(23)24-18-11-12-19(21)22-13-18/h9-19H,2-8H2,1H3;6-16H,2-5H2,1H3;5-15H,2-4H2,1H3;4-14H,2-3H2,1H3;3-13H,2H2,1H3. The lowest BCUT2D eigenvalue weighted by atomic mass is 10.00. The number of aryl methyl sites for hydroxylation is 5. The fraction of sp³-hybridized carbons (Fsp3) is 0.196. The topological polar surface area (TPSA) is 196 Å². The van der Waals surface area contributed by atoms with Crippen molar-refractivity contribution < 1.29 is 47.7 Å². The number of rotatable bonds is 32. The van der Waals surface area contributed by atoms with Gasteiger partial charge in [0.05, 0.1) is 58.8 Å². The summed E-state index contributed by atoms with van der Waals surface area (Å²) in [5, 5.41) is 1.78. The summed E-state index contributed by atoms with van der Waals surface area (Å²) in [5.74, 6) is -0.269. The number of aromatic nitrogens is 5. The molecule has 0 bridgehead atoms. The first-order chi connectivity index (χ1) is 64.3. The molecular formula is C112H104Cl5N5O10. The first-order valence-electron chi connectivity index (χ1n) is 44.4. The predicted molar refractivity (Wildman–Crippen MR) is 533 cm³/mol. The van der Waals surface area contributed by atoms with Crippen LogP contribution in [0.25, 0.3) is 55.6 Å². The maximum Gasteiger partial charge on any atom is 0.343 e. The molecule has 132 heavy (non-hydrogen) atoms. The Morgan fingerprint density at radius 3 is 0.583 bits per heavy atom. The number of hydrogen-bond acceptors (Lipinski definition) is 15. The smallest absolute Gasteiger partial charge is 0.343 e. The van der Waals surface area contributed by atoms with Gasteiger partial charge in [0.15, 0.2) is 0 Å². The minimum atomic E-state index is -0.424. The molecule has 0 saturated carbocycles. The van der Waals surface area contributed by atoms with Crippen molar-refractivity contribution in [3.63, 3.8) is 0 Å². The van der Waals surface area contributed by atoms with E-state index < -0.39 is 29.8 Å². The van der Waals surface area contributed by atoms with Crippen LogP contribution in [0.3, 0.4) is 0 Å². The fourth-order valence-electron chi connectivity index (χ4n) is 13.7. The molecule has 10 aromatic carbocycles. The van der Waals surface area contributed by atoms with E-state index in [-0.39, 0.29) is 0 Å². The van der Waals surface area contributed by atoms with Gasteiger partial charge in [-0.1, -0.05) is 332 Å². The monoisotopic (exact) mass is 1850 g/mol. The number of unbranched alkanes of at least 4 members (excludes halogenated alkanes) is 8. The number of esters is 5. The third-order valence-corrected chi connectivity index (χ3v) is 22.4. The van der Waals surface area contributed by atoms with Crippen LogP contribution in [-0.2, 0) is 32.1 Å². The van der Waals surface area contributed by atoms with Gasteiger partial charge >= 0.3 is 29.8 Å². The van der Waals surface area contributed by atoms with Crippen molar-refractivity contribution in [3.8, 4) is 84.4 Å². The number of benzene rings is 10. The highest BCUT2D eigenvalue weighted by atomic mass is 35.5. The van der Waals surface area contributed by atoms with E-state index in [9.17, 15) is 24.0 Å². The average Bonchev–Trinajstić information content (AvgIpc) is 0.853. The van der Waals surface area contributed by atoms with E-state index in [0.29, 0.717) is 82.3 Å².